The van der Waals surface area contributed by atoms with Gasteiger partial charge in [-0.25, -0.2) is 0 Å². The van der Waals surface area contributed by atoms with Gasteiger partial charge in [-0.3, -0.25) is 14.9 Å². The SMILES string of the molecule is CC1CCN(C(=O)CSc2nnc(NC(=O)c3cc(-c4ccccc4)on3)s2)CC1. The number of aromatic nitrogens is 3. The molecule has 10 heteroatoms. The van der Waals surface area contributed by atoms with Gasteiger partial charge in [0, 0.05) is 24.7 Å². The number of amides is 2. The second kappa shape index (κ2) is 9.40. The van der Waals surface area contributed by atoms with Crippen molar-refractivity contribution >= 4 is 40.0 Å². The number of piperidine rings is 1. The molecular formula is C20H21N5O3S2. The van der Waals surface area contributed by atoms with Crippen LogP contribution in [0.4, 0.5) is 5.13 Å². The molecular weight excluding hydrogens is 422 g/mol. The minimum atomic E-state index is -0.424. The summed E-state index contributed by atoms with van der Waals surface area (Å²) in [5.74, 6) is 1.21. The Morgan fingerprint density at radius 2 is 2.00 bits per heavy atom. The van der Waals surface area contributed by atoms with E-state index in [-0.39, 0.29) is 11.6 Å². The van der Waals surface area contributed by atoms with E-state index in [4.69, 9.17) is 4.52 Å². The van der Waals surface area contributed by atoms with Crippen LogP contribution in [0.2, 0.25) is 0 Å². The topological polar surface area (TPSA) is 101 Å². The van der Waals surface area contributed by atoms with Crippen molar-refractivity contribution in [2.75, 3.05) is 24.2 Å². The van der Waals surface area contributed by atoms with Crippen molar-refractivity contribution in [3.05, 3.63) is 42.1 Å². The highest BCUT2D eigenvalue weighted by molar-refractivity contribution is 8.01. The van der Waals surface area contributed by atoms with Gasteiger partial charge >= 0.3 is 0 Å². The first-order valence-corrected chi connectivity index (χ1v) is 11.5. The lowest BCUT2D eigenvalue weighted by Gasteiger charge is -2.30. The van der Waals surface area contributed by atoms with Crippen LogP contribution in [0.3, 0.4) is 0 Å². The van der Waals surface area contributed by atoms with Crippen molar-refractivity contribution in [2.24, 2.45) is 5.92 Å². The van der Waals surface area contributed by atoms with Crippen LogP contribution in [0, 0.1) is 5.92 Å². The van der Waals surface area contributed by atoms with E-state index in [0.717, 1.165) is 31.5 Å². The lowest BCUT2D eigenvalue weighted by molar-refractivity contribution is -0.129. The maximum atomic E-state index is 12.4. The molecule has 0 radical (unpaired) electrons. The van der Waals surface area contributed by atoms with Crippen LogP contribution >= 0.6 is 23.1 Å². The van der Waals surface area contributed by atoms with Crippen LogP contribution < -0.4 is 5.32 Å². The molecule has 1 saturated heterocycles. The summed E-state index contributed by atoms with van der Waals surface area (Å²) in [5.41, 5.74) is 0.999. The van der Waals surface area contributed by atoms with Gasteiger partial charge in [0.1, 0.15) is 0 Å². The smallest absolute Gasteiger partial charge is 0.279 e. The summed E-state index contributed by atoms with van der Waals surface area (Å²) < 4.78 is 5.89. The number of nitrogens with zero attached hydrogens (tertiary/aromatic N) is 4. The van der Waals surface area contributed by atoms with Crippen molar-refractivity contribution in [3.8, 4) is 11.3 Å². The van der Waals surface area contributed by atoms with Gasteiger partial charge in [0.15, 0.2) is 15.8 Å². The van der Waals surface area contributed by atoms with Gasteiger partial charge in [-0.1, -0.05) is 65.5 Å². The molecule has 4 rings (SSSR count). The van der Waals surface area contributed by atoms with Crippen molar-refractivity contribution in [2.45, 2.75) is 24.1 Å². The number of hydrogen-bond acceptors (Lipinski definition) is 8. The number of hydrogen-bond donors (Lipinski definition) is 1. The molecule has 0 spiro atoms. The molecule has 0 saturated carbocycles. The van der Waals surface area contributed by atoms with Crippen molar-refractivity contribution in [3.63, 3.8) is 0 Å². The normalized spacial score (nSPS) is 14.6. The Morgan fingerprint density at radius 1 is 1.23 bits per heavy atom. The van der Waals surface area contributed by atoms with E-state index in [1.807, 2.05) is 35.2 Å². The summed E-state index contributed by atoms with van der Waals surface area (Å²) in [6.07, 6.45) is 2.11. The Balaban J connectivity index is 1.29. The Kier molecular flexibility index (Phi) is 6.44. The highest BCUT2D eigenvalue weighted by Crippen LogP contribution is 2.27. The summed E-state index contributed by atoms with van der Waals surface area (Å²) >= 11 is 2.56. The average Bonchev–Trinajstić information content (AvgIpc) is 3.43. The van der Waals surface area contributed by atoms with E-state index in [2.05, 4.69) is 27.6 Å². The molecule has 30 heavy (non-hydrogen) atoms. The van der Waals surface area contributed by atoms with E-state index in [9.17, 15) is 9.59 Å². The highest BCUT2D eigenvalue weighted by Gasteiger charge is 2.21. The molecule has 0 aliphatic carbocycles. The molecule has 0 unspecified atom stereocenters. The molecule has 1 aliphatic heterocycles. The molecule has 0 bridgehead atoms. The van der Waals surface area contributed by atoms with Gasteiger partial charge < -0.3 is 9.42 Å². The lowest BCUT2D eigenvalue weighted by atomic mass is 9.99. The van der Waals surface area contributed by atoms with Crippen LogP contribution in [-0.2, 0) is 4.79 Å². The molecule has 2 amide bonds. The zero-order valence-corrected chi connectivity index (χ0v) is 18.0. The Bertz CT molecular complexity index is 1010. The monoisotopic (exact) mass is 443 g/mol. The number of rotatable bonds is 6. The molecule has 0 atom stereocenters. The fourth-order valence-corrected chi connectivity index (χ4v) is 4.72. The number of benzene rings is 1. The number of likely N-dealkylation sites (tertiary alicyclic amines) is 1. The molecule has 3 aromatic rings. The molecule has 2 aromatic heterocycles. The van der Waals surface area contributed by atoms with Gasteiger partial charge in [-0.15, -0.1) is 10.2 Å². The maximum Gasteiger partial charge on any atom is 0.279 e. The predicted molar refractivity (Wildman–Crippen MR) is 116 cm³/mol. The van der Waals surface area contributed by atoms with Crippen LogP contribution in [-0.4, -0.2) is 50.9 Å². The third kappa shape index (κ3) is 5.06. The fourth-order valence-electron chi connectivity index (χ4n) is 3.07. The zero-order chi connectivity index (χ0) is 20.9. The predicted octanol–water partition coefficient (Wildman–Crippen LogP) is 3.80. The number of carbonyl (C=O) groups excluding carboxylic acids is 2. The number of anilines is 1. The summed E-state index contributed by atoms with van der Waals surface area (Å²) in [7, 11) is 0. The molecule has 8 nitrogen and oxygen atoms in total. The largest absolute Gasteiger partial charge is 0.355 e. The van der Waals surface area contributed by atoms with Crippen LogP contribution in [0.1, 0.15) is 30.3 Å². The van der Waals surface area contributed by atoms with Gasteiger partial charge in [-0.2, -0.15) is 0 Å². The Morgan fingerprint density at radius 3 is 2.77 bits per heavy atom. The quantitative estimate of drug-likeness (QED) is 0.457. The first-order chi connectivity index (χ1) is 14.6. The standard InChI is InChI=1S/C20H21N5O3S2/c1-13-7-9-25(10-8-13)17(26)12-29-20-23-22-19(30-20)21-18(27)15-11-16(28-24-15)14-5-3-2-4-6-14/h2-6,11,13H,7-10,12H2,1H3,(H,21,22,27). The van der Waals surface area contributed by atoms with E-state index in [1.54, 1.807) is 6.07 Å². The fraction of sp³-hybridized carbons (Fsp3) is 0.350. The number of carbonyl (C=O) groups is 2. The van der Waals surface area contributed by atoms with Gasteiger partial charge in [0.2, 0.25) is 11.0 Å². The Labute approximate surface area is 182 Å². The summed E-state index contributed by atoms with van der Waals surface area (Å²) in [5, 5.41) is 14.9. The molecule has 1 fully saturated rings. The summed E-state index contributed by atoms with van der Waals surface area (Å²) in [4.78, 5) is 26.7. The minimum Gasteiger partial charge on any atom is -0.355 e. The van der Waals surface area contributed by atoms with Crippen LogP contribution in [0.5, 0.6) is 0 Å². The van der Waals surface area contributed by atoms with Crippen molar-refractivity contribution in [1.29, 1.82) is 0 Å². The molecule has 1 aromatic carbocycles. The maximum absolute atomic E-state index is 12.4. The minimum absolute atomic E-state index is 0.115. The summed E-state index contributed by atoms with van der Waals surface area (Å²) in [6.45, 7) is 3.86. The number of nitrogens with one attached hydrogen (secondary N) is 1. The second-order valence-electron chi connectivity index (χ2n) is 7.12. The van der Waals surface area contributed by atoms with Crippen LogP contribution in [0.25, 0.3) is 11.3 Å². The average molecular weight is 444 g/mol. The molecule has 3 heterocycles. The second-order valence-corrected chi connectivity index (χ2v) is 9.32. The first kappa shape index (κ1) is 20.5. The third-order valence-electron chi connectivity index (χ3n) is 4.88. The van der Waals surface area contributed by atoms with Gasteiger partial charge in [0.25, 0.3) is 5.91 Å². The number of thioether (sulfide) groups is 1. The highest BCUT2D eigenvalue weighted by atomic mass is 32.2. The van der Waals surface area contributed by atoms with Crippen LogP contribution in [0.15, 0.2) is 45.3 Å². The van der Waals surface area contributed by atoms with Crippen molar-refractivity contribution in [1.82, 2.24) is 20.3 Å². The van der Waals surface area contributed by atoms with E-state index >= 15 is 0 Å². The van der Waals surface area contributed by atoms with E-state index < -0.39 is 5.91 Å². The van der Waals surface area contributed by atoms with Gasteiger partial charge in [-0.05, 0) is 18.8 Å². The Hall–Kier alpha value is -2.72. The molecule has 156 valence electrons. The lowest BCUT2D eigenvalue weighted by Crippen LogP contribution is -2.38. The molecule has 1 N–H and O–H groups in total. The summed E-state index contributed by atoms with van der Waals surface area (Å²) in [6, 6.07) is 11.0. The third-order valence-corrected chi connectivity index (χ3v) is 6.84. The molecule has 1 aliphatic rings. The first-order valence-electron chi connectivity index (χ1n) is 9.66. The zero-order valence-electron chi connectivity index (χ0n) is 16.4. The van der Waals surface area contributed by atoms with Gasteiger partial charge in [0.05, 0.1) is 5.75 Å². The van der Waals surface area contributed by atoms with E-state index in [1.165, 1.54) is 23.1 Å². The van der Waals surface area contributed by atoms with E-state index in [0.29, 0.717) is 26.9 Å². The van der Waals surface area contributed by atoms with Crippen molar-refractivity contribution < 1.29 is 14.1 Å².